The summed E-state index contributed by atoms with van der Waals surface area (Å²) in [7, 11) is 0. The number of hydrogen-bond donors (Lipinski definition) is 2. The largest absolute Gasteiger partial charge is 0.481 e. The summed E-state index contributed by atoms with van der Waals surface area (Å²) in [6.07, 6.45) is -0.388. The predicted octanol–water partition coefficient (Wildman–Crippen LogP) is 1.83. The SMILES string of the molecule is O=C(O)C1(c2ccc([N+](=O)[O-])cc2Br)CC(O)C1. The zero-order valence-corrected chi connectivity index (χ0v) is 10.8. The van der Waals surface area contributed by atoms with Crippen LogP contribution in [0.2, 0.25) is 0 Å². The first-order valence-electron chi connectivity index (χ1n) is 5.23. The average molecular weight is 316 g/mol. The van der Waals surface area contributed by atoms with Crippen LogP contribution in [0, 0.1) is 10.1 Å². The van der Waals surface area contributed by atoms with Crippen molar-refractivity contribution in [2.45, 2.75) is 24.4 Å². The molecule has 1 aliphatic rings. The normalized spacial score (nSPS) is 26.4. The molecule has 0 amide bonds. The monoisotopic (exact) mass is 315 g/mol. The molecule has 2 rings (SSSR count). The molecule has 1 saturated carbocycles. The maximum Gasteiger partial charge on any atom is 0.314 e. The molecule has 2 N–H and O–H groups in total. The number of carboxylic acid groups (broad SMARTS) is 1. The number of nitro benzene ring substituents is 1. The van der Waals surface area contributed by atoms with Crippen LogP contribution in [0.25, 0.3) is 0 Å². The van der Waals surface area contributed by atoms with Crippen LogP contribution in [0.5, 0.6) is 0 Å². The summed E-state index contributed by atoms with van der Waals surface area (Å²) in [6.45, 7) is 0. The topological polar surface area (TPSA) is 101 Å². The minimum atomic E-state index is -1.15. The summed E-state index contributed by atoms with van der Waals surface area (Å²) in [5.74, 6) is -1.03. The number of aliphatic hydroxyl groups is 1. The first-order chi connectivity index (χ1) is 8.36. The van der Waals surface area contributed by atoms with Gasteiger partial charge in [-0.05, 0) is 24.5 Å². The predicted molar refractivity (Wildman–Crippen MR) is 65.4 cm³/mol. The van der Waals surface area contributed by atoms with Crippen LogP contribution < -0.4 is 0 Å². The lowest BCUT2D eigenvalue weighted by atomic mass is 9.63. The summed E-state index contributed by atoms with van der Waals surface area (Å²) < 4.78 is 0.381. The highest BCUT2D eigenvalue weighted by Gasteiger charge is 2.52. The lowest BCUT2D eigenvalue weighted by Gasteiger charge is -2.42. The van der Waals surface area contributed by atoms with Crippen LogP contribution in [0.4, 0.5) is 5.69 Å². The number of hydrogen-bond acceptors (Lipinski definition) is 4. The van der Waals surface area contributed by atoms with Crippen molar-refractivity contribution in [2.75, 3.05) is 0 Å². The van der Waals surface area contributed by atoms with E-state index in [2.05, 4.69) is 15.9 Å². The standard InChI is InChI=1S/C11H10BrNO5/c12-9-3-6(13(17)18)1-2-8(9)11(10(15)16)4-7(14)5-11/h1-3,7,14H,4-5H2,(H,15,16). The second-order valence-corrected chi connectivity index (χ2v) is 5.22. The van der Waals surface area contributed by atoms with E-state index in [4.69, 9.17) is 0 Å². The molecule has 0 aliphatic heterocycles. The summed E-state index contributed by atoms with van der Waals surface area (Å²) >= 11 is 3.16. The lowest BCUT2D eigenvalue weighted by molar-refractivity contribution is -0.385. The summed E-state index contributed by atoms with van der Waals surface area (Å²) in [6, 6.07) is 3.99. The Hall–Kier alpha value is -1.47. The van der Waals surface area contributed by atoms with Gasteiger partial charge in [-0.25, -0.2) is 0 Å². The first kappa shape index (κ1) is 13.0. The molecule has 1 aliphatic carbocycles. The van der Waals surface area contributed by atoms with E-state index in [0.717, 1.165) is 0 Å². The van der Waals surface area contributed by atoms with Gasteiger partial charge < -0.3 is 10.2 Å². The van der Waals surface area contributed by atoms with Gasteiger partial charge in [-0.2, -0.15) is 0 Å². The van der Waals surface area contributed by atoms with Gasteiger partial charge in [-0.15, -0.1) is 0 Å². The molecule has 6 nitrogen and oxygen atoms in total. The molecule has 0 atom stereocenters. The number of nitrogens with zero attached hydrogens (tertiary/aromatic N) is 1. The van der Waals surface area contributed by atoms with Crippen molar-refractivity contribution in [3.8, 4) is 0 Å². The fourth-order valence-electron chi connectivity index (χ4n) is 2.26. The maximum absolute atomic E-state index is 11.4. The molecule has 0 aromatic heterocycles. The van der Waals surface area contributed by atoms with E-state index < -0.39 is 22.4 Å². The van der Waals surface area contributed by atoms with Crippen molar-refractivity contribution in [1.82, 2.24) is 0 Å². The highest BCUT2D eigenvalue weighted by atomic mass is 79.9. The number of non-ortho nitro benzene ring substituents is 1. The molecule has 0 radical (unpaired) electrons. The van der Waals surface area contributed by atoms with E-state index in [-0.39, 0.29) is 18.5 Å². The van der Waals surface area contributed by atoms with Crippen LogP contribution in [0.1, 0.15) is 18.4 Å². The Morgan fingerprint density at radius 2 is 2.11 bits per heavy atom. The van der Waals surface area contributed by atoms with Crippen molar-refractivity contribution in [3.63, 3.8) is 0 Å². The van der Waals surface area contributed by atoms with Crippen LogP contribution in [-0.4, -0.2) is 27.2 Å². The Balaban J connectivity index is 2.45. The van der Waals surface area contributed by atoms with Crippen molar-refractivity contribution < 1.29 is 19.9 Å². The van der Waals surface area contributed by atoms with Crippen LogP contribution in [-0.2, 0) is 10.2 Å². The van der Waals surface area contributed by atoms with Gasteiger partial charge in [-0.3, -0.25) is 14.9 Å². The highest BCUT2D eigenvalue weighted by molar-refractivity contribution is 9.10. The third kappa shape index (κ3) is 1.89. The lowest BCUT2D eigenvalue weighted by Crippen LogP contribution is -2.50. The zero-order chi connectivity index (χ0) is 13.5. The van der Waals surface area contributed by atoms with E-state index >= 15 is 0 Å². The summed E-state index contributed by atoms with van der Waals surface area (Å²) in [4.78, 5) is 21.4. The number of aliphatic carboxylic acids is 1. The van der Waals surface area contributed by atoms with Gasteiger partial charge >= 0.3 is 5.97 Å². The number of nitro groups is 1. The van der Waals surface area contributed by atoms with Gasteiger partial charge in [0.1, 0.15) is 0 Å². The molecular weight excluding hydrogens is 306 g/mol. The summed E-state index contributed by atoms with van der Waals surface area (Å²) in [5, 5.41) is 29.2. The Morgan fingerprint density at radius 3 is 2.50 bits per heavy atom. The van der Waals surface area contributed by atoms with Gasteiger partial charge in [0.05, 0.1) is 16.4 Å². The molecule has 96 valence electrons. The Kier molecular flexibility index (Phi) is 3.12. The Morgan fingerprint density at radius 1 is 1.50 bits per heavy atom. The van der Waals surface area contributed by atoms with Crippen LogP contribution >= 0.6 is 15.9 Å². The second kappa shape index (κ2) is 4.33. The third-order valence-corrected chi connectivity index (χ3v) is 3.91. The highest BCUT2D eigenvalue weighted by Crippen LogP contribution is 2.47. The van der Waals surface area contributed by atoms with E-state index in [1.807, 2.05) is 0 Å². The van der Waals surface area contributed by atoms with E-state index in [0.29, 0.717) is 10.0 Å². The quantitative estimate of drug-likeness (QED) is 0.654. The Labute approximate surface area is 111 Å². The molecule has 0 saturated heterocycles. The smallest absolute Gasteiger partial charge is 0.314 e. The number of benzene rings is 1. The zero-order valence-electron chi connectivity index (χ0n) is 9.17. The minimum absolute atomic E-state index is 0.106. The van der Waals surface area contributed by atoms with Crippen LogP contribution in [0.3, 0.4) is 0 Å². The number of rotatable bonds is 3. The van der Waals surface area contributed by atoms with Gasteiger partial charge in [0.25, 0.3) is 5.69 Å². The number of halogens is 1. The summed E-state index contributed by atoms with van der Waals surface area (Å²) in [5.41, 5.74) is -0.787. The van der Waals surface area contributed by atoms with Gasteiger partial charge in [0.15, 0.2) is 0 Å². The number of aliphatic hydroxyl groups excluding tert-OH is 1. The third-order valence-electron chi connectivity index (χ3n) is 3.26. The molecule has 0 heterocycles. The van der Waals surface area contributed by atoms with E-state index in [1.54, 1.807) is 0 Å². The maximum atomic E-state index is 11.4. The molecule has 1 aromatic rings. The van der Waals surface area contributed by atoms with Crippen molar-refractivity contribution >= 4 is 27.6 Å². The molecule has 1 aromatic carbocycles. The van der Waals surface area contributed by atoms with E-state index in [1.165, 1.54) is 18.2 Å². The number of carboxylic acids is 1. The fraction of sp³-hybridized carbons (Fsp3) is 0.364. The van der Waals surface area contributed by atoms with Crippen molar-refractivity contribution in [1.29, 1.82) is 0 Å². The molecule has 0 unspecified atom stereocenters. The molecule has 1 fully saturated rings. The van der Waals surface area contributed by atoms with Gasteiger partial charge in [-0.1, -0.05) is 15.9 Å². The molecular formula is C11H10BrNO5. The molecule has 7 heteroatoms. The second-order valence-electron chi connectivity index (χ2n) is 4.37. The van der Waals surface area contributed by atoms with Crippen molar-refractivity contribution in [2.24, 2.45) is 0 Å². The Bertz CT molecular complexity index is 524. The fourth-order valence-corrected chi connectivity index (χ4v) is 3.01. The van der Waals surface area contributed by atoms with Gasteiger partial charge in [0.2, 0.25) is 0 Å². The van der Waals surface area contributed by atoms with Crippen molar-refractivity contribution in [3.05, 3.63) is 38.3 Å². The molecule has 0 spiro atoms. The minimum Gasteiger partial charge on any atom is -0.481 e. The number of carbonyl (C=O) groups is 1. The average Bonchev–Trinajstić information content (AvgIpc) is 2.24. The van der Waals surface area contributed by atoms with Crippen LogP contribution in [0.15, 0.2) is 22.7 Å². The first-order valence-corrected chi connectivity index (χ1v) is 6.02. The molecule has 18 heavy (non-hydrogen) atoms. The van der Waals surface area contributed by atoms with E-state index in [9.17, 15) is 25.1 Å². The molecule has 0 bridgehead atoms. The van der Waals surface area contributed by atoms with Gasteiger partial charge in [0, 0.05) is 16.6 Å².